The topological polar surface area (TPSA) is 91.4 Å². The van der Waals surface area contributed by atoms with E-state index in [0.29, 0.717) is 18.1 Å². The van der Waals surface area contributed by atoms with Crippen molar-refractivity contribution in [2.75, 3.05) is 31.6 Å². The van der Waals surface area contributed by atoms with Crippen LogP contribution in [0.1, 0.15) is 31.7 Å². The summed E-state index contributed by atoms with van der Waals surface area (Å²) in [5, 5.41) is 12.2. The van der Waals surface area contributed by atoms with E-state index in [4.69, 9.17) is 15.7 Å². The number of hydrogen-bond acceptors (Lipinski definition) is 6. The first-order valence-electron chi connectivity index (χ1n) is 8.51. The third-order valence-electron chi connectivity index (χ3n) is 4.40. The number of piperidine rings is 1. The quantitative estimate of drug-likeness (QED) is 0.742. The molecule has 0 aliphatic carbocycles. The van der Waals surface area contributed by atoms with Crippen LogP contribution >= 0.6 is 0 Å². The number of hydrogen-bond donors (Lipinski definition) is 2. The maximum absolute atomic E-state index is 11.6. The number of benzene rings is 1. The number of carbonyl (C=O) groups is 1. The van der Waals surface area contributed by atoms with Crippen LogP contribution in [0.25, 0.3) is 0 Å². The molecule has 1 saturated heterocycles. The van der Waals surface area contributed by atoms with Crippen molar-refractivity contribution >= 4 is 11.7 Å². The molecule has 1 aromatic rings. The summed E-state index contributed by atoms with van der Waals surface area (Å²) in [7, 11) is 0. The van der Waals surface area contributed by atoms with E-state index < -0.39 is 0 Å². The third kappa shape index (κ3) is 5.52. The molecule has 0 bridgehead atoms. The van der Waals surface area contributed by atoms with Crippen molar-refractivity contribution in [1.82, 2.24) is 4.90 Å². The predicted molar refractivity (Wildman–Crippen MR) is 93.2 cm³/mol. The first-order chi connectivity index (χ1) is 11.6. The molecular weight excluding hydrogens is 304 g/mol. The second-order valence-electron chi connectivity index (χ2n) is 6.14. The fourth-order valence-electron chi connectivity index (χ4n) is 3.04. The van der Waals surface area contributed by atoms with E-state index in [9.17, 15) is 4.79 Å². The largest absolute Gasteiger partial charge is 0.465 e. The van der Waals surface area contributed by atoms with Gasteiger partial charge in [-0.05, 0) is 56.4 Å². The van der Waals surface area contributed by atoms with Crippen LogP contribution in [0.2, 0.25) is 0 Å². The molecule has 1 aromatic carbocycles. The Morgan fingerprint density at radius 2 is 2.21 bits per heavy atom. The molecule has 2 atom stereocenters. The van der Waals surface area contributed by atoms with Gasteiger partial charge in [-0.3, -0.25) is 9.69 Å². The Hall–Kier alpha value is -2.10. The lowest BCUT2D eigenvalue weighted by Crippen LogP contribution is -2.50. The molecule has 2 unspecified atom stereocenters. The van der Waals surface area contributed by atoms with Crippen LogP contribution in [0, 0.1) is 17.2 Å². The zero-order valence-electron chi connectivity index (χ0n) is 14.2. The van der Waals surface area contributed by atoms with E-state index in [1.54, 1.807) is 0 Å². The van der Waals surface area contributed by atoms with Crippen LogP contribution in [0.4, 0.5) is 5.69 Å². The molecule has 3 N–H and O–H groups in total. The number of esters is 1. The maximum atomic E-state index is 11.6. The fourth-order valence-corrected chi connectivity index (χ4v) is 3.04. The van der Waals surface area contributed by atoms with Crippen LogP contribution in [-0.4, -0.2) is 43.3 Å². The number of anilines is 1. The molecule has 0 amide bonds. The van der Waals surface area contributed by atoms with Gasteiger partial charge in [-0.2, -0.15) is 5.26 Å². The van der Waals surface area contributed by atoms with Crippen molar-refractivity contribution in [3.63, 3.8) is 0 Å². The number of likely N-dealkylation sites (tertiary alicyclic amines) is 1. The molecule has 1 aliphatic rings. The lowest BCUT2D eigenvalue weighted by Gasteiger charge is -2.36. The second-order valence-corrected chi connectivity index (χ2v) is 6.14. The molecule has 6 heteroatoms. The summed E-state index contributed by atoms with van der Waals surface area (Å²) in [4.78, 5) is 13.6. The summed E-state index contributed by atoms with van der Waals surface area (Å²) in [6.45, 7) is 4.21. The highest BCUT2D eigenvalue weighted by Gasteiger charge is 2.27. The summed E-state index contributed by atoms with van der Waals surface area (Å²) < 4.78 is 4.98. The Morgan fingerprint density at radius 1 is 1.46 bits per heavy atom. The maximum Gasteiger partial charge on any atom is 0.320 e. The van der Waals surface area contributed by atoms with Crippen molar-refractivity contribution in [3.8, 4) is 6.07 Å². The van der Waals surface area contributed by atoms with Gasteiger partial charge < -0.3 is 15.8 Å². The van der Waals surface area contributed by atoms with Gasteiger partial charge >= 0.3 is 5.97 Å². The molecule has 130 valence electrons. The normalized spacial score (nSPS) is 21.0. The van der Waals surface area contributed by atoms with Gasteiger partial charge in [-0.1, -0.05) is 0 Å². The van der Waals surface area contributed by atoms with Gasteiger partial charge in [0, 0.05) is 18.8 Å². The molecule has 0 radical (unpaired) electrons. The minimum absolute atomic E-state index is 0.0805. The molecule has 1 aliphatic heterocycles. The average molecular weight is 330 g/mol. The molecule has 1 heterocycles. The van der Waals surface area contributed by atoms with Crippen molar-refractivity contribution in [1.29, 1.82) is 5.26 Å². The Labute approximate surface area is 143 Å². The molecule has 0 spiro atoms. The molecule has 0 aromatic heterocycles. The van der Waals surface area contributed by atoms with Gasteiger partial charge in [0.2, 0.25) is 0 Å². The van der Waals surface area contributed by atoms with E-state index in [1.165, 1.54) is 0 Å². The zero-order valence-corrected chi connectivity index (χ0v) is 14.2. The highest BCUT2D eigenvalue weighted by Crippen LogP contribution is 2.23. The van der Waals surface area contributed by atoms with Gasteiger partial charge in [-0.15, -0.1) is 0 Å². The van der Waals surface area contributed by atoms with Crippen LogP contribution in [0.5, 0.6) is 0 Å². The zero-order chi connectivity index (χ0) is 17.4. The number of nitrogens with two attached hydrogens (primary N) is 1. The van der Waals surface area contributed by atoms with E-state index in [1.807, 2.05) is 36.1 Å². The SMILES string of the molecule is CCOC(=O)CN1CCC(CCNc2ccc(C#N)cc2)CC1N. The summed E-state index contributed by atoms with van der Waals surface area (Å²) in [6, 6.07) is 9.58. The fraction of sp³-hybridized carbons (Fsp3) is 0.556. The van der Waals surface area contributed by atoms with Gasteiger partial charge in [0.15, 0.2) is 0 Å². The van der Waals surface area contributed by atoms with Gasteiger partial charge in [0.1, 0.15) is 0 Å². The summed E-state index contributed by atoms with van der Waals surface area (Å²) in [6.07, 6.45) is 2.90. The molecule has 0 saturated carbocycles. The monoisotopic (exact) mass is 330 g/mol. The van der Waals surface area contributed by atoms with Crippen LogP contribution in [-0.2, 0) is 9.53 Å². The van der Waals surface area contributed by atoms with Gasteiger partial charge in [0.05, 0.1) is 31.0 Å². The minimum atomic E-state index is -0.200. The minimum Gasteiger partial charge on any atom is -0.465 e. The second kappa shape index (κ2) is 9.26. The highest BCUT2D eigenvalue weighted by atomic mass is 16.5. The standard InChI is InChI=1S/C18H26N4O2/c1-2-24-18(23)13-22-10-8-14(11-17(22)20)7-9-21-16-5-3-15(12-19)4-6-16/h3-6,14,17,21H,2,7-11,13,20H2,1H3. The molecular formula is C18H26N4O2. The summed E-state index contributed by atoms with van der Waals surface area (Å²) in [5.74, 6) is 0.359. The van der Waals surface area contributed by atoms with E-state index in [0.717, 1.165) is 38.0 Å². The predicted octanol–water partition coefficient (Wildman–Crippen LogP) is 1.92. The number of nitrogens with zero attached hydrogens (tertiary/aromatic N) is 2. The first-order valence-corrected chi connectivity index (χ1v) is 8.51. The Bertz CT molecular complexity index is 567. The first kappa shape index (κ1) is 18.2. The lowest BCUT2D eigenvalue weighted by atomic mass is 9.91. The molecule has 2 rings (SSSR count). The average Bonchev–Trinajstić information content (AvgIpc) is 2.58. The molecule has 1 fully saturated rings. The van der Waals surface area contributed by atoms with E-state index in [-0.39, 0.29) is 18.7 Å². The number of nitrogens with one attached hydrogen (secondary N) is 1. The van der Waals surface area contributed by atoms with Crippen molar-refractivity contribution < 1.29 is 9.53 Å². The number of carbonyl (C=O) groups excluding carboxylic acids is 1. The van der Waals surface area contributed by atoms with Crippen molar-refractivity contribution in [2.45, 2.75) is 32.4 Å². The Kier molecular flexibility index (Phi) is 7.04. The smallest absolute Gasteiger partial charge is 0.320 e. The molecule has 24 heavy (non-hydrogen) atoms. The number of ether oxygens (including phenoxy) is 1. The summed E-state index contributed by atoms with van der Waals surface area (Å²) >= 11 is 0. The van der Waals surface area contributed by atoms with E-state index in [2.05, 4.69) is 11.4 Å². The van der Waals surface area contributed by atoms with Gasteiger partial charge in [-0.25, -0.2) is 0 Å². The Morgan fingerprint density at radius 3 is 2.83 bits per heavy atom. The lowest BCUT2D eigenvalue weighted by molar-refractivity contribution is -0.145. The third-order valence-corrected chi connectivity index (χ3v) is 4.40. The van der Waals surface area contributed by atoms with Crippen LogP contribution < -0.4 is 11.1 Å². The highest BCUT2D eigenvalue weighted by molar-refractivity contribution is 5.71. The van der Waals surface area contributed by atoms with Crippen molar-refractivity contribution in [3.05, 3.63) is 29.8 Å². The van der Waals surface area contributed by atoms with Crippen LogP contribution in [0.3, 0.4) is 0 Å². The van der Waals surface area contributed by atoms with Crippen molar-refractivity contribution in [2.24, 2.45) is 11.7 Å². The van der Waals surface area contributed by atoms with E-state index >= 15 is 0 Å². The number of nitriles is 1. The van der Waals surface area contributed by atoms with Crippen LogP contribution in [0.15, 0.2) is 24.3 Å². The summed E-state index contributed by atoms with van der Waals surface area (Å²) in [5.41, 5.74) is 7.89. The Balaban J connectivity index is 1.69. The number of rotatable bonds is 7. The van der Waals surface area contributed by atoms with Gasteiger partial charge in [0.25, 0.3) is 0 Å². The molecule has 6 nitrogen and oxygen atoms in total.